The Morgan fingerprint density at radius 3 is 2.68 bits per heavy atom. The molecule has 1 aliphatic heterocycles. The lowest BCUT2D eigenvalue weighted by Gasteiger charge is -2.43. The Bertz CT molecular complexity index is 1140. The van der Waals surface area contributed by atoms with Crippen LogP contribution in [0.3, 0.4) is 0 Å². The number of carbonyl (C=O) groups is 2. The summed E-state index contributed by atoms with van der Waals surface area (Å²) in [6.07, 6.45) is 1.43. The second-order valence-electron chi connectivity index (χ2n) is 7.70. The van der Waals surface area contributed by atoms with Gasteiger partial charge in [0.25, 0.3) is 0 Å². The van der Waals surface area contributed by atoms with Crippen LogP contribution >= 0.6 is 15.9 Å². The maximum absolute atomic E-state index is 13.1. The first-order valence-electron chi connectivity index (χ1n) is 9.96. The van der Waals surface area contributed by atoms with Gasteiger partial charge in [-0.15, -0.1) is 0 Å². The number of nitrogen functional groups attached to an aromatic ring is 1. The molecule has 2 atom stereocenters. The molecule has 1 saturated heterocycles. The molecule has 31 heavy (non-hydrogen) atoms. The third-order valence-corrected chi connectivity index (χ3v) is 6.01. The number of carbonyl (C=O) groups excluding carboxylic acids is 2. The van der Waals surface area contributed by atoms with Gasteiger partial charge in [-0.1, -0.05) is 22.0 Å². The maximum atomic E-state index is 13.1. The van der Waals surface area contributed by atoms with Crippen molar-refractivity contribution < 1.29 is 9.59 Å². The molecule has 0 bridgehead atoms. The largest absolute Gasteiger partial charge is 0.383 e. The summed E-state index contributed by atoms with van der Waals surface area (Å²) >= 11 is 3.38. The van der Waals surface area contributed by atoms with Gasteiger partial charge in [0.2, 0.25) is 5.91 Å². The van der Waals surface area contributed by atoms with Gasteiger partial charge in [-0.05, 0) is 55.8 Å². The number of amides is 3. The van der Waals surface area contributed by atoms with Gasteiger partial charge in [0.15, 0.2) is 0 Å². The van der Waals surface area contributed by atoms with E-state index in [9.17, 15) is 9.59 Å². The van der Waals surface area contributed by atoms with Crippen molar-refractivity contribution in [3.8, 4) is 0 Å². The summed E-state index contributed by atoms with van der Waals surface area (Å²) in [7, 11) is 0. The Morgan fingerprint density at radius 2 is 1.94 bits per heavy atom. The van der Waals surface area contributed by atoms with E-state index in [1.807, 2.05) is 49.4 Å². The number of nitrogens with two attached hydrogens (primary N) is 1. The first-order valence-corrected chi connectivity index (χ1v) is 10.8. The van der Waals surface area contributed by atoms with E-state index < -0.39 is 6.04 Å². The highest BCUT2D eigenvalue weighted by Crippen LogP contribution is 2.23. The molecule has 3 N–H and O–H groups in total. The Kier molecular flexibility index (Phi) is 5.77. The normalized spacial score (nSPS) is 19.0. The van der Waals surface area contributed by atoms with Gasteiger partial charge in [-0.2, -0.15) is 0 Å². The third-order valence-electron chi connectivity index (χ3n) is 5.48. The highest BCUT2D eigenvalue weighted by Gasteiger charge is 2.38. The van der Waals surface area contributed by atoms with Gasteiger partial charge < -0.3 is 20.9 Å². The molecule has 160 valence electrons. The fourth-order valence-electron chi connectivity index (χ4n) is 3.94. The van der Waals surface area contributed by atoms with Crippen molar-refractivity contribution in [1.82, 2.24) is 19.8 Å². The zero-order chi connectivity index (χ0) is 22.1. The van der Waals surface area contributed by atoms with E-state index in [0.29, 0.717) is 24.6 Å². The number of aromatic nitrogens is 2. The van der Waals surface area contributed by atoms with Crippen LogP contribution < -0.4 is 11.1 Å². The van der Waals surface area contributed by atoms with Crippen LogP contribution in [0.2, 0.25) is 0 Å². The monoisotopic (exact) mass is 482 g/mol. The minimum atomic E-state index is -0.572. The van der Waals surface area contributed by atoms with Gasteiger partial charge >= 0.3 is 6.03 Å². The predicted octanol–water partition coefficient (Wildman–Crippen LogP) is 3.63. The number of hydrogen-bond acceptors (Lipinski definition) is 5. The second-order valence-corrected chi connectivity index (χ2v) is 8.61. The molecule has 2 aromatic carbocycles. The number of benzene rings is 2. The van der Waals surface area contributed by atoms with Crippen LogP contribution in [0.5, 0.6) is 0 Å². The molecule has 3 amide bonds. The van der Waals surface area contributed by atoms with E-state index in [0.717, 1.165) is 20.9 Å². The molecule has 1 aromatic heterocycles. The lowest BCUT2D eigenvalue weighted by Crippen LogP contribution is -2.62. The van der Waals surface area contributed by atoms with Gasteiger partial charge in [-0.3, -0.25) is 4.79 Å². The molecule has 0 aliphatic carbocycles. The zero-order valence-corrected chi connectivity index (χ0v) is 18.8. The number of anilines is 2. The molecular formula is C22H23BrN6O2. The number of piperazine rings is 1. The Balaban J connectivity index is 1.47. The first kappa shape index (κ1) is 21.0. The standard InChI is InChI=1S/C22H23BrN6O2/c1-13-10-28(11-15-3-8-18-19(9-15)25-12-26-20(18)24)21(30)14(2)29(13)22(31)27-17-6-4-16(23)5-7-17/h3-9,12-14H,10-11H2,1-2H3,(H,27,31)(H2,24,25,26). The molecule has 9 heteroatoms. The Morgan fingerprint density at radius 1 is 1.19 bits per heavy atom. The molecular weight excluding hydrogens is 460 g/mol. The van der Waals surface area contributed by atoms with E-state index in [4.69, 9.17) is 5.73 Å². The number of nitrogens with zero attached hydrogens (tertiary/aromatic N) is 4. The van der Waals surface area contributed by atoms with E-state index in [1.165, 1.54) is 6.33 Å². The van der Waals surface area contributed by atoms with E-state index >= 15 is 0 Å². The molecule has 2 unspecified atom stereocenters. The molecule has 0 saturated carbocycles. The molecule has 1 aliphatic rings. The molecule has 4 rings (SSSR count). The topological polar surface area (TPSA) is 104 Å². The highest BCUT2D eigenvalue weighted by molar-refractivity contribution is 9.10. The third kappa shape index (κ3) is 4.32. The van der Waals surface area contributed by atoms with Crippen molar-refractivity contribution in [2.24, 2.45) is 0 Å². The van der Waals surface area contributed by atoms with E-state index in [-0.39, 0.29) is 18.0 Å². The number of nitrogens with one attached hydrogen (secondary N) is 1. The maximum Gasteiger partial charge on any atom is 0.322 e. The second kappa shape index (κ2) is 8.50. The van der Waals surface area contributed by atoms with Crippen LogP contribution in [0.4, 0.5) is 16.3 Å². The summed E-state index contributed by atoms with van der Waals surface area (Å²) in [5, 5.41) is 3.67. The molecule has 0 spiro atoms. The number of hydrogen-bond donors (Lipinski definition) is 2. The Labute approximate surface area is 188 Å². The van der Waals surface area contributed by atoms with Crippen LogP contribution in [0.15, 0.2) is 53.3 Å². The fraction of sp³-hybridized carbons (Fsp3) is 0.273. The summed E-state index contributed by atoms with van der Waals surface area (Å²) in [5.41, 5.74) is 8.27. The van der Waals surface area contributed by atoms with Crippen LogP contribution in [0, 0.1) is 0 Å². The summed E-state index contributed by atoms with van der Waals surface area (Å²) < 4.78 is 0.930. The summed E-state index contributed by atoms with van der Waals surface area (Å²) in [5.74, 6) is 0.339. The fourth-order valence-corrected chi connectivity index (χ4v) is 4.21. The quantitative estimate of drug-likeness (QED) is 0.592. The molecule has 3 aromatic rings. The average molecular weight is 483 g/mol. The minimum absolute atomic E-state index is 0.0913. The van der Waals surface area contributed by atoms with Crippen molar-refractivity contribution in [1.29, 1.82) is 0 Å². The SMILES string of the molecule is CC1CN(Cc2ccc3c(N)ncnc3c2)C(=O)C(C)N1C(=O)Nc1ccc(Br)cc1. The molecule has 8 nitrogen and oxygen atoms in total. The number of fused-ring (bicyclic) bond motifs is 1. The minimum Gasteiger partial charge on any atom is -0.383 e. The van der Waals surface area contributed by atoms with Crippen molar-refractivity contribution >= 4 is 50.3 Å². The average Bonchev–Trinajstić information content (AvgIpc) is 2.73. The van der Waals surface area contributed by atoms with Crippen molar-refractivity contribution in [3.63, 3.8) is 0 Å². The van der Waals surface area contributed by atoms with Crippen molar-refractivity contribution in [2.75, 3.05) is 17.6 Å². The van der Waals surface area contributed by atoms with E-state index in [1.54, 1.807) is 16.7 Å². The highest BCUT2D eigenvalue weighted by atomic mass is 79.9. The first-order chi connectivity index (χ1) is 14.8. The Hall–Kier alpha value is -3.20. The van der Waals surface area contributed by atoms with Crippen LogP contribution in [-0.4, -0.2) is 50.3 Å². The molecule has 0 radical (unpaired) electrons. The van der Waals surface area contributed by atoms with Crippen molar-refractivity contribution in [2.45, 2.75) is 32.5 Å². The predicted molar refractivity (Wildman–Crippen MR) is 123 cm³/mol. The van der Waals surface area contributed by atoms with Gasteiger partial charge in [0, 0.05) is 34.7 Å². The van der Waals surface area contributed by atoms with Crippen molar-refractivity contribution in [3.05, 3.63) is 58.8 Å². The van der Waals surface area contributed by atoms with Crippen LogP contribution in [0.1, 0.15) is 19.4 Å². The van der Waals surface area contributed by atoms with Crippen LogP contribution in [0.25, 0.3) is 10.9 Å². The summed E-state index contributed by atoms with van der Waals surface area (Å²) in [6.45, 7) is 4.60. The zero-order valence-electron chi connectivity index (χ0n) is 17.2. The van der Waals surface area contributed by atoms with Gasteiger partial charge in [0.1, 0.15) is 18.2 Å². The summed E-state index contributed by atoms with van der Waals surface area (Å²) in [6, 6.07) is 12.1. The van der Waals surface area contributed by atoms with Crippen LogP contribution in [-0.2, 0) is 11.3 Å². The molecule has 1 fully saturated rings. The smallest absolute Gasteiger partial charge is 0.322 e. The number of urea groups is 1. The van der Waals surface area contributed by atoms with Gasteiger partial charge in [0.05, 0.1) is 5.52 Å². The summed E-state index contributed by atoms with van der Waals surface area (Å²) in [4.78, 5) is 37.6. The lowest BCUT2D eigenvalue weighted by atomic mass is 10.1. The van der Waals surface area contributed by atoms with Gasteiger partial charge in [-0.25, -0.2) is 14.8 Å². The number of halogens is 1. The molecule has 2 heterocycles. The number of rotatable bonds is 3. The lowest BCUT2D eigenvalue weighted by molar-refractivity contribution is -0.142. The van der Waals surface area contributed by atoms with E-state index in [2.05, 4.69) is 31.2 Å².